The first-order valence-corrected chi connectivity index (χ1v) is 6.39. The molecule has 0 aliphatic rings. The Morgan fingerprint density at radius 2 is 2.06 bits per heavy atom. The van der Waals surface area contributed by atoms with Gasteiger partial charge in [0.2, 0.25) is 0 Å². The van der Waals surface area contributed by atoms with Gasteiger partial charge in [-0.15, -0.1) is 11.3 Å². The van der Waals surface area contributed by atoms with Gasteiger partial charge in [-0.1, -0.05) is 23.2 Å². The van der Waals surface area contributed by atoms with Crippen LogP contribution in [0.25, 0.3) is 0 Å². The molecule has 0 saturated heterocycles. The van der Waals surface area contributed by atoms with Gasteiger partial charge in [-0.2, -0.15) is 0 Å². The van der Waals surface area contributed by atoms with Crippen LogP contribution in [0, 0.1) is 0 Å². The van der Waals surface area contributed by atoms with Gasteiger partial charge in [0.05, 0.1) is 21.3 Å². The van der Waals surface area contributed by atoms with Gasteiger partial charge in [0, 0.05) is 6.07 Å². The van der Waals surface area contributed by atoms with E-state index in [9.17, 15) is 9.90 Å². The zero-order valence-electron chi connectivity index (χ0n) is 8.91. The lowest BCUT2D eigenvalue weighted by Gasteiger charge is -2.07. The van der Waals surface area contributed by atoms with Crippen LogP contribution in [0.3, 0.4) is 0 Å². The molecule has 2 aromatic rings. The number of hydrogen-bond acceptors (Lipinski definition) is 4. The van der Waals surface area contributed by atoms with E-state index >= 15 is 0 Å². The van der Waals surface area contributed by atoms with E-state index in [0.29, 0.717) is 19.9 Å². The number of benzene rings is 1. The standard InChI is InChI=1S/C11H8Cl2N2O2S/c12-9-4-6(10(13)18-9)11(17)15-8-2-1-5(16)3-7(8)14/h1-4,16H,14H2,(H,15,17). The summed E-state index contributed by atoms with van der Waals surface area (Å²) in [5, 5.41) is 11.8. The Hall–Kier alpha value is -1.43. The number of carbonyl (C=O) groups is 1. The van der Waals surface area contributed by atoms with E-state index in [-0.39, 0.29) is 11.4 Å². The molecule has 0 spiro atoms. The molecule has 0 unspecified atom stereocenters. The van der Waals surface area contributed by atoms with Crippen molar-refractivity contribution in [3.8, 4) is 5.75 Å². The van der Waals surface area contributed by atoms with Gasteiger partial charge in [0.25, 0.3) is 5.91 Å². The van der Waals surface area contributed by atoms with Gasteiger partial charge in [-0.3, -0.25) is 4.79 Å². The highest BCUT2D eigenvalue weighted by atomic mass is 35.5. The number of amides is 1. The van der Waals surface area contributed by atoms with Crippen molar-refractivity contribution in [2.45, 2.75) is 0 Å². The Morgan fingerprint density at radius 1 is 1.33 bits per heavy atom. The first-order chi connectivity index (χ1) is 8.47. The Balaban J connectivity index is 2.24. The number of aromatic hydroxyl groups is 1. The van der Waals surface area contributed by atoms with Crippen LogP contribution < -0.4 is 11.1 Å². The van der Waals surface area contributed by atoms with Crippen LogP contribution in [-0.4, -0.2) is 11.0 Å². The third-order valence-corrected chi connectivity index (χ3v) is 3.67. The van der Waals surface area contributed by atoms with Crippen LogP contribution in [-0.2, 0) is 0 Å². The minimum atomic E-state index is -0.402. The predicted molar refractivity (Wildman–Crippen MR) is 74.8 cm³/mol. The van der Waals surface area contributed by atoms with Gasteiger partial charge >= 0.3 is 0 Å². The molecule has 1 heterocycles. The van der Waals surface area contributed by atoms with Crippen molar-refractivity contribution < 1.29 is 9.90 Å². The summed E-state index contributed by atoms with van der Waals surface area (Å²) in [6, 6.07) is 5.76. The fraction of sp³-hybridized carbons (Fsp3) is 0. The first kappa shape index (κ1) is 13.0. The molecule has 1 amide bonds. The summed E-state index contributed by atoms with van der Waals surface area (Å²) >= 11 is 12.7. The number of nitrogen functional groups attached to an aromatic ring is 1. The monoisotopic (exact) mass is 302 g/mol. The summed E-state index contributed by atoms with van der Waals surface area (Å²) < 4.78 is 0.749. The summed E-state index contributed by atoms with van der Waals surface area (Å²) in [5.74, 6) is -0.373. The molecule has 0 bridgehead atoms. The summed E-state index contributed by atoms with van der Waals surface area (Å²) in [6.45, 7) is 0. The first-order valence-electron chi connectivity index (χ1n) is 4.82. The Morgan fingerprint density at radius 3 is 2.61 bits per heavy atom. The van der Waals surface area contributed by atoms with Gasteiger partial charge in [-0.05, 0) is 18.2 Å². The smallest absolute Gasteiger partial charge is 0.258 e. The van der Waals surface area contributed by atoms with E-state index in [2.05, 4.69) is 5.32 Å². The molecule has 4 N–H and O–H groups in total. The number of phenols is 1. The lowest BCUT2D eigenvalue weighted by atomic mass is 10.2. The van der Waals surface area contributed by atoms with Crippen molar-refractivity contribution in [2.24, 2.45) is 0 Å². The number of nitrogens with two attached hydrogens (primary N) is 1. The second-order valence-corrected chi connectivity index (χ2v) is 5.75. The molecular weight excluding hydrogens is 295 g/mol. The van der Waals surface area contributed by atoms with Crippen molar-refractivity contribution in [1.82, 2.24) is 0 Å². The molecule has 4 nitrogen and oxygen atoms in total. The quantitative estimate of drug-likeness (QED) is 0.586. The molecule has 1 aromatic carbocycles. The summed E-state index contributed by atoms with van der Waals surface area (Å²) in [4.78, 5) is 11.9. The van der Waals surface area contributed by atoms with Crippen molar-refractivity contribution in [1.29, 1.82) is 0 Å². The Labute approximate surface area is 117 Å². The van der Waals surface area contributed by atoms with Crippen LogP contribution >= 0.6 is 34.5 Å². The molecule has 7 heteroatoms. The molecule has 0 radical (unpaired) electrons. The highest BCUT2D eigenvalue weighted by Gasteiger charge is 2.15. The number of phenolic OH excluding ortho intramolecular Hbond substituents is 1. The fourth-order valence-corrected chi connectivity index (χ4v) is 2.81. The van der Waals surface area contributed by atoms with Crippen molar-refractivity contribution in [3.05, 3.63) is 38.5 Å². The molecule has 0 fully saturated rings. The van der Waals surface area contributed by atoms with Crippen molar-refractivity contribution in [2.75, 3.05) is 11.1 Å². The molecule has 0 aliphatic heterocycles. The molecule has 0 saturated carbocycles. The average molecular weight is 303 g/mol. The zero-order valence-corrected chi connectivity index (χ0v) is 11.2. The molecule has 2 rings (SSSR count). The lowest BCUT2D eigenvalue weighted by molar-refractivity contribution is 0.102. The highest BCUT2D eigenvalue weighted by molar-refractivity contribution is 7.20. The van der Waals surface area contributed by atoms with E-state index in [1.807, 2.05) is 0 Å². The second-order valence-electron chi connectivity index (χ2n) is 3.46. The van der Waals surface area contributed by atoms with E-state index in [1.165, 1.54) is 24.3 Å². The molecule has 0 aliphatic carbocycles. The second kappa shape index (κ2) is 5.06. The number of hydrogen-bond donors (Lipinski definition) is 3. The topological polar surface area (TPSA) is 75.3 Å². The maximum Gasteiger partial charge on any atom is 0.258 e. The van der Waals surface area contributed by atoms with Crippen LogP contribution in [0.1, 0.15) is 10.4 Å². The Bertz CT molecular complexity index is 613. The van der Waals surface area contributed by atoms with Gasteiger partial charge in [0.1, 0.15) is 10.1 Å². The molecular formula is C11H8Cl2N2O2S. The van der Waals surface area contributed by atoms with E-state index in [1.54, 1.807) is 0 Å². The van der Waals surface area contributed by atoms with E-state index < -0.39 is 5.91 Å². The van der Waals surface area contributed by atoms with Gasteiger partial charge in [-0.25, -0.2) is 0 Å². The van der Waals surface area contributed by atoms with E-state index in [0.717, 1.165) is 11.3 Å². The SMILES string of the molecule is Nc1cc(O)ccc1NC(=O)c1cc(Cl)sc1Cl. The molecule has 0 atom stereocenters. The fourth-order valence-electron chi connectivity index (χ4n) is 1.35. The number of thiophene rings is 1. The minimum absolute atomic E-state index is 0.0297. The largest absolute Gasteiger partial charge is 0.508 e. The van der Waals surface area contributed by atoms with Crippen LogP contribution in [0.4, 0.5) is 11.4 Å². The van der Waals surface area contributed by atoms with Gasteiger partial charge < -0.3 is 16.2 Å². The van der Waals surface area contributed by atoms with Crippen molar-refractivity contribution >= 4 is 51.8 Å². The van der Waals surface area contributed by atoms with Crippen molar-refractivity contribution in [3.63, 3.8) is 0 Å². The normalized spacial score (nSPS) is 10.3. The van der Waals surface area contributed by atoms with Crippen LogP contribution in [0.5, 0.6) is 5.75 Å². The highest BCUT2D eigenvalue weighted by Crippen LogP contribution is 2.32. The maximum atomic E-state index is 11.9. The summed E-state index contributed by atoms with van der Waals surface area (Å²) in [7, 11) is 0. The summed E-state index contributed by atoms with van der Waals surface area (Å²) in [6.07, 6.45) is 0. The minimum Gasteiger partial charge on any atom is -0.508 e. The number of nitrogens with one attached hydrogen (secondary N) is 1. The predicted octanol–water partition coefficient (Wildman–Crippen LogP) is 3.60. The third kappa shape index (κ3) is 2.69. The number of anilines is 2. The zero-order chi connectivity index (χ0) is 13.3. The molecule has 94 valence electrons. The number of halogens is 2. The molecule has 1 aromatic heterocycles. The lowest BCUT2D eigenvalue weighted by Crippen LogP contribution is -2.12. The van der Waals surface area contributed by atoms with E-state index in [4.69, 9.17) is 28.9 Å². The Kier molecular flexibility index (Phi) is 3.65. The summed E-state index contributed by atoms with van der Waals surface area (Å²) in [5.41, 5.74) is 6.61. The maximum absolute atomic E-state index is 11.9. The van der Waals surface area contributed by atoms with Crippen LogP contribution in [0.15, 0.2) is 24.3 Å². The van der Waals surface area contributed by atoms with Gasteiger partial charge in [0.15, 0.2) is 0 Å². The molecule has 18 heavy (non-hydrogen) atoms. The third-order valence-electron chi connectivity index (χ3n) is 2.18. The van der Waals surface area contributed by atoms with Crippen LogP contribution in [0.2, 0.25) is 8.67 Å². The number of rotatable bonds is 2. The number of carbonyl (C=O) groups excluding carboxylic acids is 1. The average Bonchev–Trinajstić information content (AvgIpc) is 2.62.